The molecular formula is C10H9BrO3S. The van der Waals surface area contributed by atoms with Crippen LogP contribution in [0.25, 0.3) is 0 Å². The number of carbonyl (C=O) groups is 2. The first-order valence-electron chi connectivity index (χ1n) is 4.17. The molecule has 0 heterocycles. The number of benzene rings is 1. The summed E-state index contributed by atoms with van der Waals surface area (Å²) in [5.74, 6) is -0.884. The van der Waals surface area contributed by atoms with Crippen molar-refractivity contribution in [2.75, 3.05) is 5.75 Å². The smallest absolute Gasteiger partial charge is 0.321 e. The molecule has 3 nitrogen and oxygen atoms in total. The number of carboxylic acid groups (broad SMARTS) is 1. The molecule has 1 aromatic carbocycles. The van der Waals surface area contributed by atoms with E-state index in [4.69, 9.17) is 5.11 Å². The lowest BCUT2D eigenvalue weighted by atomic mass is 10.1. The fraction of sp³-hybridized carbons (Fsp3) is 0.200. The summed E-state index contributed by atoms with van der Waals surface area (Å²) in [5.41, 5.74) is 1.15. The van der Waals surface area contributed by atoms with E-state index in [2.05, 4.69) is 28.6 Å². The summed E-state index contributed by atoms with van der Waals surface area (Å²) in [5, 5.41) is 8.73. The number of hydrogen-bond donors (Lipinski definition) is 2. The van der Waals surface area contributed by atoms with Crippen molar-refractivity contribution in [3.05, 3.63) is 35.4 Å². The molecule has 0 saturated heterocycles. The van der Waals surface area contributed by atoms with E-state index in [0.717, 1.165) is 0 Å². The van der Waals surface area contributed by atoms with Gasteiger partial charge in [-0.3, -0.25) is 9.59 Å². The molecule has 1 unspecified atom stereocenters. The van der Waals surface area contributed by atoms with E-state index in [-0.39, 0.29) is 11.5 Å². The minimum atomic E-state index is -0.955. The zero-order valence-electron chi connectivity index (χ0n) is 7.68. The Balaban J connectivity index is 2.90. The molecule has 1 aromatic rings. The predicted octanol–water partition coefficient (Wildman–Crippen LogP) is 2.32. The van der Waals surface area contributed by atoms with Gasteiger partial charge >= 0.3 is 5.97 Å². The van der Waals surface area contributed by atoms with Crippen molar-refractivity contribution in [3.63, 3.8) is 0 Å². The Labute approximate surface area is 101 Å². The van der Waals surface area contributed by atoms with E-state index < -0.39 is 10.8 Å². The average Bonchev–Trinajstić information content (AvgIpc) is 2.27. The van der Waals surface area contributed by atoms with Gasteiger partial charge in [0.15, 0.2) is 5.78 Å². The largest absolute Gasteiger partial charge is 0.480 e. The number of aliphatic carboxylic acids is 1. The monoisotopic (exact) mass is 288 g/mol. The van der Waals surface area contributed by atoms with Crippen LogP contribution in [-0.4, -0.2) is 22.6 Å². The highest BCUT2D eigenvalue weighted by Crippen LogP contribution is 2.23. The molecule has 0 saturated carbocycles. The van der Waals surface area contributed by atoms with Crippen LogP contribution in [0.1, 0.15) is 20.7 Å². The summed E-state index contributed by atoms with van der Waals surface area (Å²) < 4.78 is 0. The van der Waals surface area contributed by atoms with Gasteiger partial charge in [0.2, 0.25) is 0 Å². The highest BCUT2D eigenvalue weighted by atomic mass is 79.9. The first-order chi connectivity index (χ1) is 7.06. The lowest BCUT2D eigenvalue weighted by molar-refractivity contribution is -0.136. The molecule has 15 heavy (non-hydrogen) atoms. The Morgan fingerprint density at radius 3 is 2.27 bits per heavy atom. The minimum absolute atomic E-state index is 0.0775. The molecule has 5 heteroatoms. The van der Waals surface area contributed by atoms with Crippen LogP contribution in [0.4, 0.5) is 0 Å². The highest BCUT2D eigenvalue weighted by Gasteiger charge is 2.15. The molecular weight excluding hydrogens is 280 g/mol. The Morgan fingerprint density at radius 2 is 1.87 bits per heavy atom. The molecule has 0 spiro atoms. The molecule has 0 bridgehead atoms. The van der Waals surface area contributed by atoms with E-state index in [9.17, 15) is 9.59 Å². The first-order valence-corrected chi connectivity index (χ1v) is 5.72. The van der Waals surface area contributed by atoms with E-state index in [1.54, 1.807) is 24.3 Å². The van der Waals surface area contributed by atoms with E-state index in [1.165, 1.54) is 0 Å². The zero-order valence-corrected chi connectivity index (χ0v) is 10.2. The molecule has 1 rings (SSSR count). The van der Waals surface area contributed by atoms with Crippen molar-refractivity contribution in [3.8, 4) is 0 Å². The van der Waals surface area contributed by atoms with Crippen LogP contribution in [0.2, 0.25) is 0 Å². The van der Waals surface area contributed by atoms with Crippen LogP contribution in [-0.2, 0) is 4.79 Å². The van der Waals surface area contributed by atoms with Crippen LogP contribution in [0.15, 0.2) is 24.3 Å². The second-order valence-electron chi connectivity index (χ2n) is 2.90. The number of halogens is 1. The third-order valence-electron chi connectivity index (χ3n) is 1.89. The molecule has 0 aliphatic rings. The van der Waals surface area contributed by atoms with Crippen LogP contribution < -0.4 is 0 Å². The lowest BCUT2D eigenvalue weighted by Gasteiger charge is -2.05. The summed E-state index contributed by atoms with van der Waals surface area (Å²) in [6.45, 7) is 0. The topological polar surface area (TPSA) is 54.4 Å². The van der Waals surface area contributed by atoms with Crippen LogP contribution in [0.3, 0.4) is 0 Å². The molecule has 0 amide bonds. The maximum atomic E-state index is 11.2. The normalized spacial score (nSPS) is 12.1. The molecule has 0 aliphatic carbocycles. The highest BCUT2D eigenvalue weighted by molar-refractivity contribution is 9.09. The first kappa shape index (κ1) is 12.3. The molecule has 1 N–H and O–H groups in total. The molecule has 0 radical (unpaired) electrons. The van der Waals surface area contributed by atoms with Crippen molar-refractivity contribution in [2.45, 2.75) is 4.83 Å². The Morgan fingerprint density at radius 1 is 1.33 bits per heavy atom. The number of alkyl halides is 1. The standard InChI is InChI=1S/C10H9BrO3S/c11-9(10(13)14)7-3-1-6(2-4-7)8(12)5-15/h1-4,9,15H,5H2,(H,13,14). The molecule has 1 atom stereocenters. The third kappa shape index (κ3) is 3.07. The van der Waals surface area contributed by atoms with Gasteiger partial charge in [-0.1, -0.05) is 40.2 Å². The van der Waals surface area contributed by atoms with E-state index in [1.807, 2.05) is 0 Å². The summed E-state index contributed by atoms with van der Waals surface area (Å²) in [6.07, 6.45) is 0. The molecule has 0 aromatic heterocycles. The maximum Gasteiger partial charge on any atom is 0.321 e. The Hall–Kier alpha value is -0.810. The van der Waals surface area contributed by atoms with Gasteiger partial charge in [-0.2, -0.15) is 12.6 Å². The van der Waals surface area contributed by atoms with Gasteiger partial charge in [-0.25, -0.2) is 0 Å². The van der Waals surface area contributed by atoms with Crippen molar-refractivity contribution < 1.29 is 14.7 Å². The quantitative estimate of drug-likeness (QED) is 0.508. The van der Waals surface area contributed by atoms with Gasteiger partial charge in [0.1, 0.15) is 4.83 Å². The van der Waals surface area contributed by atoms with Crippen LogP contribution >= 0.6 is 28.6 Å². The van der Waals surface area contributed by atoms with Gasteiger partial charge in [0.05, 0.1) is 5.75 Å². The van der Waals surface area contributed by atoms with E-state index >= 15 is 0 Å². The van der Waals surface area contributed by atoms with Crippen molar-refractivity contribution >= 4 is 40.3 Å². The Kier molecular flexibility index (Phi) is 4.35. The van der Waals surface area contributed by atoms with E-state index in [0.29, 0.717) is 11.1 Å². The number of hydrogen-bond acceptors (Lipinski definition) is 3. The van der Waals surface area contributed by atoms with Gasteiger partial charge < -0.3 is 5.11 Å². The minimum Gasteiger partial charge on any atom is -0.480 e. The number of carbonyl (C=O) groups excluding carboxylic acids is 1. The zero-order chi connectivity index (χ0) is 11.4. The summed E-state index contributed by atoms with van der Waals surface area (Å²) >= 11 is 6.90. The fourth-order valence-electron chi connectivity index (χ4n) is 1.07. The summed E-state index contributed by atoms with van der Waals surface area (Å²) in [7, 11) is 0. The summed E-state index contributed by atoms with van der Waals surface area (Å²) in [6, 6.07) is 6.44. The third-order valence-corrected chi connectivity index (χ3v) is 3.09. The van der Waals surface area contributed by atoms with Gasteiger partial charge in [-0.15, -0.1) is 0 Å². The molecule has 80 valence electrons. The molecule has 0 aliphatic heterocycles. The number of Topliss-reactive ketones (excluding diaryl/α,β-unsaturated/α-hetero) is 1. The Bertz CT molecular complexity index is 375. The van der Waals surface area contributed by atoms with Crippen molar-refractivity contribution in [2.24, 2.45) is 0 Å². The number of thiol groups is 1. The van der Waals surface area contributed by atoms with Crippen LogP contribution in [0, 0.1) is 0 Å². The van der Waals surface area contributed by atoms with Crippen molar-refractivity contribution in [1.29, 1.82) is 0 Å². The second-order valence-corrected chi connectivity index (χ2v) is 4.14. The lowest BCUT2D eigenvalue weighted by Crippen LogP contribution is -2.05. The van der Waals surface area contributed by atoms with Gasteiger partial charge in [0.25, 0.3) is 0 Å². The second kappa shape index (κ2) is 5.32. The SMILES string of the molecule is O=C(CS)c1ccc(C(Br)C(=O)O)cc1. The number of ketones is 1. The summed E-state index contributed by atoms with van der Waals surface area (Å²) in [4.78, 5) is 21.1. The molecule has 0 fully saturated rings. The fourth-order valence-corrected chi connectivity index (χ4v) is 1.56. The van der Waals surface area contributed by atoms with Crippen molar-refractivity contribution in [1.82, 2.24) is 0 Å². The predicted molar refractivity (Wildman–Crippen MR) is 63.9 cm³/mol. The van der Waals surface area contributed by atoms with Crippen LogP contribution in [0.5, 0.6) is 0 Å². The number of rotatable bonds is 4. The van der Waals surface area contributed by atoms with Gasteiger partial charge in [0, 0.05) is 5.56 Å². The average molecular weight is 289 g/mol. The maximum absolute atomic E-state index is 11.2. The van der Waals surface area contributed by atoms with Gasteiger partial charge in [-0.05, 0) is 5.56 Å². The number of carboxylic acids is 1.